The van der Waals surface area contributed by atoms with Gasteiger partial charge in [-0.2, -0.15) is 28.1 Å². The lowest BCUT2D eigenvalue weighted by Crippen LogP contribution is -2.33. The molecule has 0 bridgehead atoms. The van der Waals surface area contributed by atoms with E-state index in [0.29, 0.717) is 26.4 Å². The molecule has 5 nitrogen and oxygen atoms in total. The van der Waals surface area contributed by atoms with Crippen LogP contribution < -0.4 is 14.0 Å². The fourth-order valence-corrected chi connectivity index (χ4v) is 6.27. The summed E-state index contributed by atoms with van der Waals surface area (Å²) in [6.45, 7) is 7.22. The van der Waals surface area contributed by atoms with Crippen molar-refractivity contribution in [3.8, 4) is 11.5 Å². The second-order valence-electron chi connectivity index (χ2n) is 8.22. The third-order valence-corrected chi connectivity index (χ3v) is 8.60. The van der Waals surface area contributed by atoms with E-state index >= 15 is 0 Å². The van der Waals surface area contributed by atoms with Crippen molar-refractivity contribution in [3.05, 3.63) is 65.2 Å². The summed E-state index contributed by atoms with van der Waals surface area (Å²) in [7, 11) is 0. The number of hydrogen-bond donors (Lipinski definition) is 0. The maximum atomic E-state index is 6.15. The van der Waals surface area contributed by atoms with E-state index in [0.717, 1.165) is 59.8 Å². The van der Waals surface area contributed by atoms with E-state index in [9.17, 15) is 0 Å². The Labute approximate surface area is 232 Å². The Hall–Kier alpha value is -1.97. The maximum absolute atomic E-state index is 6.15. The Morgan fingerprint density at radius 1 is 0.757 bits per heavy atom. The number of aromatic nitrogens is 1. The number of aryl methyl sites for hydroxylation is 1. The summed E-state index contributed by atoms with van der Waals surface area (Å²) in [5, 5.41) is 1.25. The monoisotopic (exact) mass is 558 g/mol. The Morgan fingerprint density at radius 2 is 1.43 bits per heavy atom. The van der Waals surface area contributed by atoms with Crippen LogP contribution in [0.25, 0.3) is 22.4 Å². The van der Waals surface area contributed by atoms with E-state index < -0.39 is 0 Å². The van der Waals surface area contributed by atoms with Gasteiger partial charge in [0.15, 0.2) is 11.5 Å². The second-order valence-corrected chi connectivity index (χ2v) is 11.7. The average Bonchev–Trinajstić information content (AvgIpc) is 3.28. The number of ether oxygens (including phenoxy) is 4. The fraction of sp³-hybridized carbons (Fsp3) is 0.414. The molecular formula is C29H36NO4S3+. The minimum atomic E-state index is 0.634. The largest absolute Gasteiger partial charge is 0.489 e. The Morgan fingerprint density at radius 3 is 2.19 bits per heavy atom. The minimum Gasteiger partial charge on any atom is -0.489 e. The molecule has 1 aliphatic rings. The van der Waals surface area contributed by atoms with Crippen LogP contribution in [-0.2, 0) is 16.0 Å². The molecule has 198 valence electrons. The lowest BCUT2D eigenvalue weighted by atomic mass is 10.2. The molecule has 0 spiro atoms. The third kappa shape index (κ3) is 9.07. The summed E-state index contributed by atoms with van der Waals surface area (Å²) in [6, 6.07) is 14.7. The lowest BCUT2D eigenvalue weighted by molar-refractivity contribution is -0.665. The quantitative estimate of drug-likeness (QED) is 0.280. The number of rotatable bonds is 4. The molecule has 2 heterocycles. The van der Waals surface area contributed by atoms with Gasteiger partial charge in [0.05, 0.1) is 39.6 Å². The van der Waals surface area contributed by atoms with Crippen LogP contribution >= 0.6 is 34.9 Å². The zero-order valence-electron chi connectivity index (χ0n) is 21.4. The number of thiazole rings is 1. The van der Waals surface area contributed by atoms with E-state index in [1.165, 1.54) is 15.2 Å². The zero-order chi connectivity index (χ0) is 25.5. The number of benzene rings is 2. The number of para-hydroxylation sites is 1. The van der Waals surface area contributed by atoms with Crippen LogP contribution in [-0.4, -0.2) is 62.7 Å². The van der Waals surface area contributed by atoms with Crippen LogP contribution in [0.1, 0.15) is 17.5 Å². The molecule has 3 aromatic rings. The van der Waals surface area contributed by atoms with E-state index in [1.807, 2.05) is 40.9 Å². The van der Waals surface area contributed by atoms with Crippen LogP contribution in [0.2, 0.25) is 0 Å². The van der Waals surface area contributed by atoms with Crippen LogP contribution in [0.4, 0.5) is 0 Å². The van der Waals surface area contributed by atoms with E-state index in [1.54, 1.807) is 0 Å². The van der Waals surface area contributed by atoms with Crippen molar-refractivity contribution in [2.24, 2.45) is 0 Å². The highest BCUT2D eigenvalue weighted by Crippen LogP contribution is 2.29. The normalized spacial score (nSPS) is 17.2. The highest BCUT2D eigenvalue weighted by molar-refractivity contribution is 7.99. The summed E-state index contributed by atoms with van der Waals surface area (Å²) >= 11 is 5.49. The highest BCUT2D eigenvalue weighted by atomic mass is 32.2. The Balaban J connectivity index is 1.39. The van der Waals surface area contributed by atoms with E-state index in [2.05, 4.69) is 72.2 Å². The topological polar surface area (TPSA) is 40.8 Å². The molecule has 0 saturated heterocycles. The smallest absolute Gasteiger partial charge is 0.262 e. The first-order valence-corrected chi connectivity index (χ1v) is 15.9. The molecule has 4 rings (SSSR count). The van der Waals surface area contributed by atoms with Crippen LogP contribution in [0.3, 0.4) is 0 Å². The summed E-state index contributed by atoms with van der Waals surface area (Å²) < 4.78 is 27.1. The molecule has 8 heteroatoms. The molecule has 0 radical (unpaired) electrons. The van der Waals surface area contributed by atoms with Gasteiger partial charge in [-0.15, -0.1) is 0 Å². The molecule has 0 fully saturated rings. The average molecular weight is 559 g/mol. The molecule has 37 heavy (non-hydrogen) atoms. The van der Waals surface area contributed by atoms with Gasteiger partial charge in [0, 0.05) is 35.2 Å². The molecule has 2 aromatic carbocycles. The number of fused-ring (bicyclic) bond motifs is 2. The van der Waals surface area contributed by atoms with Gasteiger partial charge in [0.1, 0.15) is 11.2 Å². The first kappa shape index (κ1) is 28.0. The van der Waals surface area contributed by atoms with Crippen molar-refractivity contribution in [1.82, 2.24) is 0 Å². The number of thioether (sulfide) groups is 2. The summed E-state index contributed by atoms with van der Waals surface area (Å²) in [6.07, 6.45) is 8.48. The van der Waals surface area contributed by atoms with Crippen molar-refractivity contribution < 1.29 is 23.5 Å². The summed E-state index contributed by atoms with van der Waals surface area (Å²) in [4.78, 5) is 0. The lowest BCUT2D eigenvalue weighted by Gasteiger charge is -2.14. The maximum Gasteiger partial charge on any atom is 0.262 e. The van der Waals surface area contributed by atoms with Gasteiger partial charge < -0.3 is 18.9 Å². The number of nitrogens with zero attached hydrogens (tertiary/aromatic N) is 1. The minimum absolute atomic E-state index is 0.634. The van der Waals surface area contributed by atoms with Crippen LogP contribution in [0.5, 0.6) is 11.5 Å². The SMILES string of the molecule is CC[n+]1c(/C=C/C=C/c2ccc3c(c2)OCCSCCOCCOCCSCCO3)sc2ccccc21. The predicted octanol–water partition coefficient (Wildman–Crippen LogP) is 6.21. The molecular weight excluding hydrogens is 523 g/mol. The Kier molecular flexibility index (Phi) is 12.2. The molecule has 1 aliphatic heterocycles. The zero-order valence-corrected chi connectivity index (χ0v) is 23.9. The predicted molar refractivity (Wildman–Crippen MR) is 159 cm³/mol. The fourth-order valence-electron chi connectivity index (χ4n) is 3.85. The second kappa shape index (κ2) is 16.1. The molecule has 0 atom stereocenters. The van der Waals surface area contributed by atoms with Gasteiger partial charge in [0.25, 0.3) is 5.01 Å². The first-order chi connectivity index (χ1) is 18.3. The van der Waals surface area contributed by atoms with Gasteiger partial charge in [-0.1, -0.05) is 47.8 Å². The van der Waals surface area contributed by atoms with E-state index in [4.69, 9.17) is 18.9 Å². The van der Waals surface area contributed by atoms with Gasteiger partial charge in [-0.25, -0.2) is 0 Å². The summed E-state index contributed by atoms with van der Waals surface area (Å²) in [5.41, 5.74) is 2.37. The van der Waals surface area contributed by atoms with Gasteiger partial charge in [-0.05, 0) is 30.7 Å². The van der Waals surface area contributed by atoms with Crippen LogP contribution in [0.15, 0.2) is 54.6 Å². The van der Waals surface area contributed by atoms with Crippen molar-refractivity contribution >= 4 is 57.2 Å². The molecule has 0 N–H and O–H groups in total. The van der Waals surface area contributed by atoms with Gasteiger partial charge in [-0.3, -0.25) is 0 Å². The molecule has 0 aliphatic carbocycles. The summed E-state index contributed by atoms with van der Waals surface area (Å²) in [5.74, 6) is 5.33. The van der Waals surface area contributed by atoms with Crippen LogP contribution in [0, 0.1) is 0 Å². The third-order valence-electron chi connectivity index (χ3n) is 5.65. The van der Waals surface area contributed by atoms with Crippen molar-refractivity contribution in [2.75, 3.05) is 62.7 Å². The van der Waals surface area contributed by atoms with Gasteiger partial charge >= 0.3 is 0 Å². The van der Waals surface area contributed by atoms with Crippen molar-refractivity contribution in [2.45, 2.75) is 13.5 Å². The Bertz CT molecular complexity index is 1160. The molecule has 0 saturated carbocycles. The van der Waals surface area contributed by atoms with Crippen molar-refractivity contribution in [1.29, 1.82) is 0 Å². The standard InChI is InChI=1S/C29H36NO4S3/c1-2-30-25-8-4-5-9-28(25)37-29(30)10-6-3-7-24-11-12-26-27(23-24)34-18-22-36-20-16-32-14-13-31-15-19-35-21-17-33-26/h3-12,23H,2,13-22H2,1H3/q+1/b7-3+,10-6+. The van der Waals surface area contributed by atoms with E-state index in [-0.39, 0.29) is 0 Å². The highest BCUT2D eigenvalue weighted by Gasteiger charge is 2.15. The number of hydrogen-bond acceptors (Lipinski definition) is 7. The van der Waals surface area contributed by atoms with Crippen molar-refractivity contribution in [3.63, 3.8) is 0 Å². The first-order valence-electron chi connectivity index (χ1n) is 12.8. The molecule has 0 unspecified atom stereocenters. The number of allylic oxidation sites excluding steroid dienone is 2. The molecule has 0 amide bonds. The molecule has 1 aromatic heterocycles. The van der Waals surface area contributed by atoms with Gasteiger partial charge in [0.2, 0.25) is 5.52 Å².